The maximum absolute atomic E-state index is 12.1. The minimum Gasteiger partial charge on any atom is -0.350 e. The molecule has 5 nitrogen and oxygen atoms in total. The lowest BCUT2D eigenvalue weighted by Crippen LogP contribution is -2.39. The second-order valence-electron chi connectivity index (χ2n) is 5.42. The molecule has 0 saturated carbocycles. The predicted octanol–water partition coefficient (Wildman–Crippen LogP) is 0.463. The molecule has 1 atom stereocenters. The number of likely N-dealkylation sites (tertiary alicyclic amines) is 1. The van der Waals surface area contributed by atoms with E-state index in [4.69, 9.17) is 5.73 Å². The number of piperidine rings is 1. The van der Waals surface area contributed by atoms with Crippen LogP contribution < -0.4 is 11.1 Å². The summed E-state index contributed by atoms with van der Waals surface area (Å²) in [5.41, 5.74) is 6.51. The monoisotopic (exact) mass is 286 g/mol. The summed E-state index contributed by atoms with van der Waals surface area (Å²) in [4.78, 5) is 18.5. The Bertz CT molecular complexity index is 529. The van der Waals surface area contributed by atoms with E-state index < -0.39 is 0 Å². The molecule has 1 aliphatic rings. The number of aromatic nitrogens is 1. The largest absolute Gasteiger partial charge is 0.350 e. The molecule has 1 aromatic heterocycles. The molecule has 3 N–H and O–H groups in total. The lowest BCUT2D eigenvalue weighted by Gasteiger charge is -2.29. The fraction of sp³-hybridized carbons (Fsp3) is 0.500. The predicted molar refractivity (Wildman–Crippen MR) is 82.7 cm³/mol. The molecule has 0 aromatic carbocycles. The third-order valence-corrected chi connectivity index (χ3v) is 3.60. The molecule has 0 spiro atoms. The Balaban J connectivity index is 1.85. The fourth-order valence-electron chi connectivity index (χ4n) is 2.52. The van der Waals surface area contributed by atoms with Crippen LogP contribution in [-0.2, 0) is 0 Å². The minimum absolute atomic E-state index is 0.124. The van der Waals surface area contributed by atoms with E-state index in [0.29, 0.717) is 24.7 Å². The number of hydrogen-bond acceptors (Lipinski definition) is 4. The lowest BCUT2D eigenvalue weighted by molar-refractivity contribution is 0.0932. The quantitative estimate of drug-likeness (QED) is 0.792. The van der Waals surface area contributed by atoms with E-state index in [9.17, 15) is 4.79 Å². The number of nitrogens with one attached hydrogen (secondary N) is 1. The molecule has 1 amide bonds. The first-order valence-corrected chi connectivity index (χ1v) is 7.31. The van der Waals surface area contributed by atoms with Crippen LogP contribution in [0.4, 0.5) is 0 Å². The van der Waals surface area contributed by atoms with Crippen molar-refractivity contribution in [2.24, 2.45) is 11.7 Å². The highest BCUT2D eigenvalue weighted by atomic mass is 16.1. The molecule has 0 bridgehead atoms. The number of amides is 1. The number of pyridine rings is 1. The molecule has 2 rings (SSSR count). The zero-order valence-electron chi connectivity index (χ0n) is 12.4. The number of carbonyl (C=O) groups excluding carboxylic acids is 1. The molecule has 0 aliphatic carbocycles. The van der Waals surface area contributed by atoms with Gasteiger partial charge in [0.1, 0.15) is 5.69 Å². The van der Waals surface area contributed by atoms with E-state index in [0.717, 1.165) is 18.7 Å². The van der Waals surface area contributed by atoms with Gasteiger partial charge in [-0.2, -0.15) is 0 Å². The topological polar surface area (TPSA) is 71.2 Å². The van der Waals surface area contributed by atoms with Crippen molar-refractivity contribution in [3.63, 3.8) is 0 Å². The third-order valence-electron chi connectivity index (χ3n) is 3.60. The number of hydrogen-bond donors (Lipinski definition) is 2. The Morgan fingerprint density at radius 3 is 3.10 bits per heavy atom. The molecule has 21 heavy (non-hydrogen) atoms. The van der Waals surface area contributed by atoms with E-state index >= 15 is 0 Å². The van der Waals surface area contributed by atoms with Gasteiger partial charge in [-0.3, -0.25) is 4.79 Å². The summed E-state index contributed by atoms with van der Waals surface area (Å²) in [5, 5.41) is 2.97. The van der Waals surface area contributed by atoms with Gasteiger partial charge in [0.25, 0.3) is 5.91 Å². The van der Waals surface area contributed by atoms with Crippen LogP contribution in [-0.4, -0.2) is 49.0 Å². The van der Waals surface area contributed by atoms with E-state index in [1.807, 2.05) is 0 Å². The summed E-state index contributed by atoms with van der Waals surface area (Å²) in [6, 6.07) is 3.49. The maximum atomic E-state index is 12.1. The molecule has 0 radical (unpaired) electrons. The molecule has 1 unspecified atom stereocenters. The van der Waals surface area contributed by atoms with Gasteiger partial charge in [-0.1, -0.05) is 11.8 Å². The highest BCUT2D eigenvalue weighted by molar-refractivity contribution is 5.92. The van der Waals surface area contributed by atoms with Crippen molar-refractivity contribution in [1.82, 2.24) is 15.2 Å². The minimum atomic E-state index is -0.124. The van der Waals surface area contributed by atoms with Gasteiger partial charge in [0.2, 0.25) is 0 Å². The molecule has 1 aromatic rings. The molecule has 1 aliphatic heterocycles. The smallest absolute Gasteiger partial charge is 0.269 e. The van der Waals surface area contributed by atoms with Crippen LogP contribution in [0, 0.1) is 17.8 Å². The number of nitrogens with two attached hydrogens (primary N) is 1. The van der Waals surface area contributed by atoms with Crippen LogP contribution in [0.25, 0.3) is 0 Å². The molecule has 2 heterocycles. The second kappa shape index (κ2) is 7.77. The summed E-state index contributed by atoms with van der Waals surface area (Å²) < 4.78 is 0. The lowest BCUT2D eigenvalue weighted by atomic mass is 9.98. The summed E-state index contributed by atoms with van der Waals surface area (Å²) in [5.74, 6) is 6.05. The maximum Gasteiger partial charge on any atom is 0.269 e. The summed E-state index contributed by atoms with van der Waals surface area (Å²) in [7, 11) is 2.12. The number of nitrogens with zero attached hydrogens (tertiary/aromatic N) is 2. The number of rotatable bonds is 3. The highest BCUT2D eigenvalue weighted by Gasteiger charge is 2.18. The first-order chi connectivity index (χ1) is 10.2. The van der Waals surface area contributed by atoms with Gasteiger partial charge in [0.15, 0.2) is 0 Å². The normalized spacial score (nSPS) is 18.7. The average molecular weight is 286 g/mol. The van der Waals surface area contributed by atoms with Gasteiger partial charge in [-0.15, -0.1) is 0 Å². The van der Waals surface area contributed by atoms with Gasteiger partial charge in [-0.05, 0) is 44.5 Å². The fourth-order valence-corrected chi connectivity index (χ4v) is 2.52. The van der Waals surface area contributed by atoms with Crippen molar-refractivity contribution in [2.75, 3.05) is 33.2 Å². The van der Waals surface area contributed by atoms with Crippen LogP contribution in [0.15, 0.2) is 18.3 Å². The highest BCUT2D eigenvalue weighted by Crippen LogP contribution is 2.14. The van der Waals surface area contributed by atoms with E-state index in [1.54, 1.807) is 18.3 Å². The molecule has 1 saturated heterocycles. The first-order valence-electron chi connectivity index (χ1n) is 7.31. The van der Waals surface area contributed by atoms with Gasteiger partial charge < -0.3 is 16.0 Å². The van der Waals surface area contributed by atoms with Crippen LogP contribution >= 0.6 is 0 Å². The van der Waals surface area contributed by atoms with Crippen molar-refractivity contribution >= 4 is 5.91 Å². The standard InChI is InChI=1S/C16H22N4O/c1-20-9-3-5-14(12-20)11-19-16(21)15-7-6-13(10-18-15)4-2-8-17/h6-7,10,14H,3,5,8-9,11-12,17H2,1H3,(H,19,21). The molecular formula is C16H22N4O. The SMILES string of the molecule is CN1CCCC(CNC(=O)c2ccc(C#CCN)cn2)C1. The van der Waals surface area contributed by atoms with Gasteiger partial charge >= 0.3 is 0 Å². The Morgan fingerprint density at radius 2 is 2.43 bits per heavy atom. The van der Waals surface area contributed by atoms with E-state index in [2.05, 4.69) is 34.1 Å². The molecular weight excluding hydrogens is 264 g/mol. The van der Waals surface area contributed by atoms with E-state index in [1.165, 1.54) is 12.8 Å². The molecule has 1 fully saturated rings. The van der Waals surface area contributed by atoms with Crippen LogP contribution in [0.3, 0.4) is 0 Å². The zero-order valence-corrected chi connectivity index (χ0v) is 12.4. The van der Waals surface area contributed by atoms with Crippen molar-refractivity contribution in [3.8, 4) is 11.8 Å². The Morgan fingerprint density at radius 1 is 1.57 bits per heavy atom. The van der Waals surface area contributed by atoms with E-state index in [-0.39, 0.29) is 5.91 Å². The van der Waals surface area contributed by atoms with Crippen LogP contribution in [0.1, 0.15) is 28.9 Å². The van der Waals surface area contributed by atoms with Gasteiger partial charge in [0.05, 0.1) is 6.54 Å². The summed E-state index contributed by atoms with van der Waals surface area (Å²) in [6.07, 6.45) is 3.97. The third kappa shape index (κ3) is 4.85. The van der Waals surface area contributed by atoms with Crippen molar-refractivity contribution in [2.45, 2.75) is 12.8 Å². The molecule has 5 heteroatoms. The van der Waals surface area contributed by atoms with Gasteiger partial charge in [-0.25, -0.2) is 4.98 Å². The van der Waals surface area contributed by atoms with Crippen LogP contribution in [0.2, 0.25) is 0 Å². The summed E-state index contributed by atoms with van der Waals surface area (Å²) >= 11 is 0. The van der Waals surface area contributed by atoms with Crippen molar-refractivity contribution < 1.29 is 4.79 Å². The Labute approximate surface area is 125 Å². The second-order valence-corrected chi connectivity index (χ2v) is 5.42. The van der Waals surface area contributed by atoms with Gasteiger partial charge in [0, 0.05) is 24.8 Å². The number of carbonyl (C=O) groups is 1. The first kappa shape index (κ1) is 15.5. The molecule has 112 valence electrons. The van der Waals surface area contributed by atoms with Crippen molar-refractivity contribution in [3.05, 3.63) is 29.6 Å². The average Bonchev–Trinajstić information content (AvgIpc) is 2.51. The summed E-state index contributed by atoms with van der Waals surface area (Å²) in [6.45, 7) is 3.22. The van der Waals surface area contributed by atoms with Crippen LogP contribution in [0.5, 0.6) is 0 Å². The zero-order chi connectivity index (χ0) is 15.1. The Hall–Kier alpha value is -1.90. The Kier molecular flexibility index (Phi) is 5.73. The van der Waals surface area contributed by atoms with Crippen molar-refractivity contribution in [1.29, 1.82) is 0 Å².